The summed E-state index contributed by atoms with van der Waals surface area (Å²) in [5.74, 6) is 0.791. The molecule has 0 spiro atoms. The van der Waals surface area contributed by atoms with Crippen LogP contribution in [0.4, 0.5) is 0 Å². The van der Waals surface area contributed by atoms with Crippen LogP contribution < -0.4 is 0 Å². The highest BCUT2D eigenvalue weighted by Crippen LogP contribution is 2.01. The Balaban J connectivity index is 0. The lowest BCUT2D eigenvalue weighted by molar-refractivity contribution is 1.03. The van der Waals surface area contributed by atoms with Gasteiger partial charge in [-0.3, -0.25) is 0 Å². The maximum atomic E-state index is 3.98. The third-order valence-corrected chi connectivity index (χ3v) is 1.18. The van der Waals surface area contributed by atoms with E-state index in [9.17, 15) is 0 Å². The zero-order valence-corrected chi connectivity index (χ0v) is 10.0. The van der Waals surface area contributed by atoms with Crippen LogP contribution in [0.15, 0.2) is 16.9 Å². The third-order valence-electron chi connectivity index (χ3n) is 0.742. The van der Waals surface area contributed by atoms with Crippen molar-refractivity contribution in [2.24, 2.45) is 0 Å². The van der Waals surface area contributed by atoms with Crippen LogP contribution in [0.3, 0.4) is 0 Å². The minimum absolute atomic E-state index is 0.791. The number of hydrogen-bond acceptors (Lipinski definition) is 2. The second-order valence-corrected chi connectivity index (χ2v) is 2.24. The van der Waals surface area contributed by atoms with Crippen molar-refractivity contribution in [2.75, 3.05) is 0 Å². The van der Waals surface area contributed by atoms with E-state index in [1.807, 2.05) is 34.6 Å². The molecule has 0 aromatic carbocycles. The van der Waals surface area contributed by atoms with Crippen molar-refractivity contribution in [1.82, 2.24) is 9.97 Å². The lowest BCUT2D eigenvalue weighted by atomic mass is 10.6. The van der Waals surface area contributed by atoms with Gasteiger partial charge in [-0.2, -0.15) is 0 Å². The summed E-state index contributed by atoms with van der Waals surface area (Å²) in [6.45, 7) is 9.85. The molecule has 0 fully saturated rings. The highest BCUT2D eigenvalue weighted by molar-refractivity contribution is 9.10. The molecule has 0 N–H and O–H groups in total. The van der Waals surface area contributed by atoms with Crippen LogP contribution in [0.2, 0.25) is 0 Å². The van der Waals surface area contributed by atoms with Gasteiger partial charge in [0.1, 0.15) is 10.4 Å². The standard InChI is InChI=1S/C5H5BrN2.2C2H6/c1-4-7-3-2-5(6)8-4;2*1-2/h2-3H,1H3;2*1-2H3. The van der Waals surface area contributed by atoms with Gasteiger partial charge in [0, 0.05) is 6.20 Å². The summed E-state index contributed by atoms with van der Waals surface area (Å²) in [6.07, 6.45) is 1.71. The van der Waals surface area contributed by atoms with Crippen LogP contribution in [-0.4, -0.2) is 9.97 Å². The Morgan fingerprint density at radius 2 is 1.67 bits per heavy atom. The zero-order valence-electron chi connectivity index (χ0n) is 8.43. The van der Waals surface area contributed by atoms with Crippen LogP contribution in [0.25, 0.3) is 0 Å². The van der Waals surface area contributed by atoms with Crippen molar-refractivity contribution in [3.05, 3.63) is 22.7 Å². The van der Waals surface area contributed by atoms with E-state index in [0.29, 0.717) is 0 Å². The molecule has 3 heteroatoms. The minimum atomic E-state index is 0.791. The highest BCUT2D eigenvalue weighted by atomic mass is 79.9. The van der Waals surface area contributed by atoms with Crippen LogP contribution in [0.5, 0.6) is 0 Å². The summed E-state index contributed by atoms with van der Waals surface area (Å²) in [4.78, 5) is 7.88. The molecule has 1 aromatic rings. The van der Waals surface area contributed by atoms with Crippen LogP contribution in [0, 0.1) is 6.92 Å². The molecule has 0 aliphatic rings. The molecular weight excluding hydrogens is 216 g/mol. The van der Waals surface area contributed by atoms with Crippen molar-refractivity contribution in [3.63, 3.8) is 0 Å². The van der Waals surface area contributed by atoms with Gasteiger partial charge in [-0.1, -0.05) is 27.7 Å². The van der Waals surface area contributed by atoms with E-state index < -0.39 is 0 Å². The molecule has 1 aromatic heterocycles. The minimum Gasteiger partial charge on any atom is -0.242 e. The number of aryl methyl sites for hydroxylation is 1. The fourth-order valence-electron chi connectivity index (χ4n) is 0.427. The first-order chi connectivity index (χ1) is 5.79. The van der Waals surface area contributed by atoms with Gasteiger partial charge in [0.2, 0.25) is 0 Å². The Hall–Kier alpha value is -0.440. The molecular formula is C9H17BrN2. The van der Waals surface area contributed by atoms with Crippen LogP contribution >= 0.6 is 15.9 Å². The fraction of sp³-hybridized carbons (Fsp3) is 0.556. The SMILES string of the molecule is CC.CC.Cc1nccc(Br)n1. The van der Waals surface area contributed by atoms with Gasteiger partial charge in [-0.05, 0) is 28.9 Å². The monoisotopic (exact) mass is 232 g/mol. The molecule has 0 radical (unpaired) electrons. The Labute approximate surface area is 83.6 Å². The van der Waals surface area contributed by atoms with E-state index in [0.717, 1.165) is 10.4 Å². The second kappa shape index (κ2) is 10.6. The molecule has 12 heavy (non-hydrogen) atoms. The van der Waals surface area contributed by atoms with Gasteiger partial charge in [0.15, 0.2) is 0 Å². The van der Waals surface area contributed by atoms with Crippen molar-refractivity contribution < 1.29 is 0 Å². The topological polar surface area (TPSA) is 25.8 Å². The number of rotatable bonds is 0. The number of hydrogen-bond donors (Lipinski definition) is 0. The average molecular weight is 233 g/mol. The van der Waals surface area contributed by atoms with Gasteiger partial charge in [-0.15, -0.1) is 0 Å². The lowest BCUT2D eigenvalue weighted by Gasteiger charge is -1.87. The molecule has 1 heterocycles. The molecule has 0 unspecified atom stereocenters. The molecule has 0 atom stereocenters. The Morgan fingerprint density at radius 3 is 1.92 bits per heavy atom. The predicted octanol–water partition coefficient (Wildman–Crippen LogP) is 3.60. The van der Waals surface area contributed by atoms with Gasteiger partial charge >= 0.3 is 0 Å². The average Bonchev–Trinajstić information content (AvgIpc) is 2.11. The molecule has 0 amide bonds. The Morgan fingerprint density at radius 1 is 1.17 bits per heavy atom. The summed E-state index contributed by atoms with van der Waals surface area (Å²) in [5.41, 5.74) is 0. The van der Waals surface area contributed by atoms with Crippen LogP contribution in [-0.2, 0) is 0 Å². The number of halogens is 1. The summed E-state index contributed by atoms with van der Waals surface area (Å²) in [7, 11) is 0. The van der Waals surface area contributed by atoms with Crippen LogP contribution in [0.1, 0.15) is 33.5 Å². The number of nitrogens with zero attached hydrogens (tertiary/aromatic N) is 2. The quantitative estimate of drug-likeness (QED) is 0.640. The maximum Gasteiger partial charge on any atom is 0.126 e. The zero-order chi connectivity index (χ0) is 9.98. The van der Waals surface area contributed by atoms with Crippen molar-refractivity contribution in [2.45, 2.75) is 34.6 Å². The molecule has 0 aliphatic carbocycles. The van der Waals surface area contributed by atoms with E-state index in [1.165, 1.54) is 0 Å². The van der Waals surface area contributed by atoms with Crippen molar-refractivity contribution in [1.29, 1.82) is 0 Å². The van der Waals surface area contributed by atoms with Gasteiger partial charge < -0.3 is 0 Å². The van der Waals surface area contributed by atoms with E-state index in [1.54, 1.807) is 12.3 Å². The largest absolute Gasteiger partial charge is 0.242 e. The first-order valence-corrected chi connectivity index (χ1v) is 5.03. The van der Waals surface area contributed by atoms with E-state index in [4.69, 9.17) is 0 Å². The Kier molecular flexibility index (Phi) is 12.4. The van der Waals surface area contributed by atoms with E-state index in [-0.39, 0.29) is 0 Å². The molecule has 0 aliphatic heterocycles. The normalized spacial score (nSPS) is 7.17. The maximum absolute atomic E-state index is 3.98. The highest BCUT2D eigenvalue weighted by Gasteiger charge is 1.85. The predicted molar refractivity (Wildman–Crippen MR) is 57.2 cm³/mol. The van der Waals surface area contributed by atoms with Gasteiger partial charge in [0.05, 0.1) is 0 Å². The summed E-state index contributed by atoms with van der Waals surface area (Å²) in [5, 5.41) is 0. The summed E-state index contributed by atoms with van der Waals surface area (Å²) >= 11 is 3.21. The first kappa shape index (κ1) is 14.1. The molecule has 2 nitrogen and oxygen atoms in total. The molecule has 0 saturated heterocycles. The molecule has 70 valence electrons. The smallest absolute Gasteiger partial charge is 0.126 e. The van der Waals surface area contributed by atoms with E-state index >= 15 is 0 Å². The third kappa shape index (κ3) is 7.66. The summed E-state index contributed by atoms with van der Waals surface area (Å²) < 4.78 is 0.838. The fourth-order valence-corrected chi connectivity index (χ4v) is 0.802. The van der Waals surface area contributed by atoms with Gasteiger partial charge in [-0.25, -0.2) is 9.97 Å². The lowest BCUT2D eigenvalue weighted by Crippen LogP contribution is -1.83. The Bertz CT molecular complexity index is 172. The summed E-state index contributed by atoms with van der Waals surface area (Å²) in [6, 6.07) is 1.80. The second-order valence-electron chi connectivity index (χ2n) is 1.43. The van der Waals surface area contributed by atoms with E-state index in [2.05, 4.69) is 25.9 Å². The first-order valence-electron chi connectivity index (χ1n) is 4.24. The van der Waals surface area contributed by atoms with Crippen molar-refractivity contribution in [3.8, 4) is 0 Å². The number of aromatic nitrogens is 2. The molecule has 0 saturated carbocycles. The van der Waals surface area contributed by atoms with Crippen molar-refractivity contribution >= 4 is 15.9 Å². The van der Waals surface area contributed by atoms with Gasteiger partial charge in [0.25, 0.3) is 0 Å². The molecule has 0 bridgehead atoms. The molecule has 1 rings (SSSR count).